The number of nitrogen functional groups attached to an aromatic ring is 1. The Morgan fingerprint density at radius 1 is 1.32 bits per heavy atom. The first-order valence-corrected chi connectivity index (χ1v) is 5.49. The van der Waals surface area contributed by atoms with Gasteiger partial charge in [-0.3, -0.25) is 4.98 Å². The fourth-order valence-electron chi connectivity index (χ4n) is 1.89. The van der Waals surface area contributed by atoms with Gasteiger partial charge in [0.1, 0.15) is 11.6 Å². The molecule has 96 valence electrons. The van der Waals surface area contributed by atoms with Crippen LogP contribution in [0.15, 0.2) is 30.6 Å². The lowest BCUT2D eigenvalue weighted by Gasteiger charge is -2.09. The molecule has 0 saturated heterocycles. The van der Waals surface area contributed by atoms with Crippen molar-refractivity contribution in [1.82, 2.24) is 19.6 Å². The van der Waals surface area contributed by atoms with Crippen molar-refractivity contribution in [2.45, 2.75) is 0 Å². The summed E-state index contributed by atoms with van der Waals surface area (Å²) in [4.78, 5) is 8.06. The average Bonchev–Trinajstić information content (AvgIpc) is 2.78. The number of benzene rings is 1. The Labute approximate surface area is 107 Å². The summed E-state index contributed by atoms with van der Waals surface area (Å²) >= 11 is 0. The van der Waals surface area contributed by atoms with Crippen LogP contribution in [0.4, 0.5) is 10.3 Å². The average molecular weight is 259 g/mol. The molecule has 2 heterocycles. The minimum Gasteiger partial charge on any atom is -0.496 e. The van der Waals surface area contributed by atoms with Crippen LogP contribution in [0.5, 0.6) is 5.75 Å². The van der Waals surface area contributed by atoms with E-state index in [0.717, 1.165) is 0 Å². The molecule has 0 saturated carbocycles. The summed E-state index contributed by atoms with van der Waals surface area (Å²) in [5.74, 6) is 0.273. The molecule has 0 aliphatic rings. The van der Waals surface area contributed by atoms with Gasteiger partial charge in [-0.1, -0.05) is 0 Å². The van der Waals surface area contributed by atoms with Crippen LogP contribution in [0, 0.1) is 5.82 Å². The second-order valence-corrected chi connectivity index (χ2v) is 3.88. The Morgan fingerprint density at radius 3 is 2.95 bits per heavy atom. The lowest BCUT2D eigenvalue weighted by Crippen LogP contribution is -1.98. The summed E-state index contributed by atoms with van der Waals surface area (Å²) in [5, 5.41) is 4.06. The normalized spacial score (nSPS) is 10.8. The number of aromatic nitrogens is 4. The Kier molecular flexibility index (Phi) is 2.52. The second-order valence-electron chi connectivity index (χ2n) is 3.88. The maximum atomic E-state index is 13.4. The molecule has 0 aliphatic carbocycles. The number of halogens is 1. The Morgan fingerprint density at radius 2 is 2.16 bits per heavy atom. The molecule has 19 heavy (non-hydrogen) atoms. The van der Waals surface area contributed by atoms with Crippen molar-refractivity contribution in [3.05, 3.63) is 36.4 Å². The van der Waals surface area contributed by atoms with E-state index in [1.807, 2.05) is 0 Å². The van der Waals surface area contributed by atoms with E-state index in [1.54, 1.807) is 12.3 Å². The highest BCUT2D eigenvalue weighted by atomic mass is 19.1. The van der Waals surface area contributed by atoms with Crippen LogP contribution in [0.2, 0.25) is 0 Å². The van der Waals surface area contributed by atoms with Gasteiger partial charge in [-0.25, -0.2) is 8.91 Å². The molecule has 7 heteroatoms. The van der Waals surface area contributed by atoms with E-state index in [2.05, 4.69) is 15.1 Å². The molecule has 0 bridgehead atoms. The highest BCUT2D eigenvalue weighted by molar-refractivity contribution is 5.68. The zero-order valence-electron chi connectivity index (χ0n) is 10.0. The Balaban J connectivity index is 2.32. The molecule has 0 unspecified atom stereocenters. The highest BCUT2D eigenvalue weighted by Gasteiger charge is 2.13. The number of nitrogens with two attached hydrogens (primary N) is 1. The van der Waals surface area contributed by atoms with E-state index in [-0.39, 0.29) is 11.8 Å². The van der Waals surface area contributed by atoms with Crippen molar-refractivity contribution >= 4 is 11.6 Å². The van der Waals surface area contributed by atoms with Gasteiger partial charge in [0, 0.05) is 5.56 Å². The summed E-state index contributed by atoms with van der Waals surface area (Å²) in [6.07, 6.45) is 3.08. The van der Waals surface area contributed by atoms with E-state index in [0.29, 0.717) is 22.7 Å². The smallest absolute Gasteiger partial charge is 0.240 e. The van der Waals surface area contributed by atoms with Crippen LogP contribution in [-0.2, 0) is 0 Å². The van der Waals surface area contributed by atoms with E-state index in [4.69, 9.17) is 10.5 Å². The fourth-order valence-corrected chi connectivity index (χ4v) is 1.89. The van der Waals surface area contributed by atoms with Crippen molar-refractivity contribution in [2.24, 2.45) is 0 Å². The molecule has 2 N–H and O–H groups in total. The largest absolute Gasteiger partial charge is 0.496 e. The second kappa shape index (κ2) is 4.20. The van der Waals surface area contributed by atoms with Gasteiger partial charge in [-0.2, -0.15) is 4.98 Å². The number of methoxy groups -OCH3 is 1. The topological polar surface area (TPSA) is 78.3 Å². The van der Waals surface area contributed by atoms with Gasteiger partial charge in [0.25, 0.3) is 0 Å². The third kappa shape index (κ3) is 1.85. The zero-order valence-corrected chi connectivity index (χ0v) is 10.0. The maximum absolute atomic E-state index is 13.4. The van der Waals surface area contributed by atoms with Crippen LogP contribution < -0.4 is 10.5 Å². The Hall–Kier alpha value is -2.70. The molecule has 3 aromatic rings. The zero-order chi connectivity index (χ0) is 13.4. The number of rotatable bonds is 2. The molecule has 2 aromatic heterocycles. The van der Waals surface area contributed by atoms with Gasteiger partial charge in [-0.15, -0.1) is 5.10 Å². The number of nitrogens with zero attached hydrogens (tertiary/aromatic N) is 4. The molecule has 0 atom stereocenters. The Bertz CT molecular complexity index is 755. The minimum atomic E-state index is -0.374. The number of ether oxygens (including phenoxy) is 1. The van der Waals surface area contributed by atoms with Crippen LogP contribution in [0.3, 0.4) is 0 Å². The molecule has 6 nitrogen and oxygen atoms in total. The molecule has 0 amide bonds. The number of hydrogen-bond acceptors (Lipinski definition) is 5. The summed E-state index contributed by atoms with van der Waals surface area (Å²) in [7, 11) is 1.51. The van der Waals surface area contributed by atoms with Crippen molar-refractivity contribution in [1.29, 1.82) is 0 Å². The van der Waals surface area contributed by atoms with Gasteiger partial charge in [0.05, 0.1) is 25.2 Å². The van der Waals surface area contributed by atoms with Crippen LogP contribution >= 0.6 is 0 Å². The molecule has 3 rings (SSSR count). The predicted molar refractivity (Wildman–Crippen MR) is 67.1 cm³/mol. The van der Waals surface area contributed by atoms with Gasteiger partial charge in [0.15, 0.2) is 5.65 Å². The van der Waals surface area contributed by atoms with Crippen LogP contribution in [0.25, 0.3) is 16.9 Å². The lowest BCUT2D eigenvalue weighted by atomic mass is 10.1. The lowest BCUT2D eigenvalue weighted by molar-refractivity contribution is 0.415. The molecule has 0 radical (unpaired) electrons. The van der Waals surface area contributed by atoms with E-state index in [1.165, 1.54) is 30.0 Å². The quantitative estimate of drug-likeness (QED) is 0.755. The molecular formula is C12H10FN5O. The first kappa shape index (κ1) is 11.4. The maximum Gasteiger partial charge on any atom is 0.240 e. The van der Waals surface area contributed by atoms with Crippen molar-refractivity contribution in [3.63, 3.8) is 0 Å². The van der Waals surface area contributed by atoms with Gasteiger partial charge in [-0.05, 0) is 18.2 Å². The molecule has 0 aliphatic heterocycles. The van der Waals surface area contributed by atoms with E-state index >= 15 is 0 Å². The summed E-state index contributed by atoms with van der Waals surface area (Å²) < 4.78 is 20.2. The standard InChI is InChI=1S/C12H10FN5O/c1-19-10-3-2-7(13)4-8(10)9-5-15-6-11-16-12(14)17-18(9)11/h2-6H,1H3,(H2,14,17). The SMILES string of the molecule is COc1ccc(F)cc1-c1cncc2nc(N)nn12. The van der Waals surface area contributed by atoms with Crippen molar-refractivity contribution in [3.8, 4) is 17.0 Å². The molecule has 0 fully saturated rings. The summed E-state index contributed by atoms with van der Waals surface area (Å²) in [5.41, 5.74) is 7.14. The highest BCUT2D eigenvalue weighted by Crippen LogP contribution is 2.30. The third-order valence-electron chi connectivity index (χ3n) is 2.70. The van der Waals surface area contributed by atoms with Crippen molar-refractivity contribution < 1.29 is 9.13 Å². The summed E-state index contributed by atoms with van der Waals surface area (Å²) in [6.45, 7) is 0. The predicted octanol–water partition coefficient (Wildman–Crippen LogP) is 1.52. The number of fused-ring (bicyclic) bond motifs is 1. The van der Waals surface area contributed by atoms with Crippen molar-refractivity contribution in [2.75, 3.05) is 12.8 Å². The summed E-state index contributed by atoms with van der Waals surface area (Å²) in [6, 6.07) is 4.22. The van der Waals surface area contributed by atoms with E-state index < -0.39 is 0 Å². The van der Waals surface area contributed by atoms with Crippen LogP contribution in [-0.4, -0.2) is 26.7 Å². The minimum absolute atomic E-state index is 0.129. The first-order chi connectivity index (χ1) is 9.19. The van der Waals surface area contributed by atoms with Gasteiger partial charge < -0.3 is 10.5 Å². The van der Waals surface area contributed by atoms with Gasteiger partial charge in [0.2, 0.25) is 5.95 Å². The number of hydrogen-bond donors (Lipinski definition) is 1. The molecule has 1 aromatic carbocycles. The van der Waals surface area contributed by atoms with E-state index in [9.17, 15) is 4.39 Å². The number of anilines is 1. The monoisotopic (exact) mass is 259 g/mol. The van der Waals surface area contributed by atoms with Crippen LogP contribution in [0.1, 0.15) is 0 Å². The van der Waals surface area contributed by atoms with Gasteiger partial charge >= 0.3 is 0 Å². The molecular weight excluding hydrogens is 249 g/mol. The third-order valence-corrected chi connectivity index (χ3v) is 2.70. The fraction of sp³-hybridized carbons (Fsp3) is 0.0833. The molecule has 0 spiro atoms. The first-order valence-electron chi connectivity index (χ1n) is 5.49.